The summed E-state index contributed by atoms with van der Waals surface area (Å²) in [6.07, 6.45) is 0. The quantitative estimate of drug-likeness (QED) is 0.572. The van der Waals surface area contributed by atoms with E-state index in [0.29, 0.717) is 0 Å². The monoisotopic (exact) mass is 321 g/mol. The summed E-state index contributed by atoms with van der Waals surface area (Å²) in [5.74, 6) is -3.14. The lowest BCUT2D eigenvalue weighted by Crippen LogP contribution is -2.30. The zero-order valence-electron chi connectivity index (χ0n) is 12.4. The Bertz CT molecular complexity index is 819. The van der Waals surface area contributed by atoms with Crippen LogP contribution in [0.15, 0.2) is 36.4 Å². The number of ketones is 1. The highest BCUT2D eigenvalue weighted by atomic mass is 19.1. The second-order valence-electron chi connectivity index (χ2n) is 5.02. The van der Waals surface area contributed by atoms with Crippen molar-refractivity contribution in [1.82, 2.24) is 5.32 Å². The molecule has 0 bridgehead atoms. The molecule has 5 nitrogen and oxygen atoms in total. The average Bonchev–Trinajstić information content (AvgIpc) is 2.50. The molecule has 0 aliphatic rings. The molecule has 0 spiro atoms. The van der Waals surface area contributed by atoms with Gasteiger partial charge in [0.15, 0.2) is 5.78 Å². The predicted molar refractivity (Wildman–Crippen MR) is 87.0 cm³/mol. The lowest BCUT2D eigenvalue weighted by molar-refractivity contribution is -0.135. The molecule has 2 aromatic carbocycles. The van der Waals surface area contributed by atoms with Crippen molar-refractivity contribution in [2.75, 3.05) is 6.54 Å². The third-order valence-corrected chi connectivity index (χ3v) is 3.06. The summed E-state index contributed by atoms with van der Waals surface area (Å²) >= 11 is 0. The summed E-state index contributed by atoms with van der Waals surface area (Å²) in [5, 5.41) is 10.7. The number of carbonyl (C=O) groups is 3. The van der Waals surface area contributed by atoms with E-state index in [1.807, 2.05) is 0 Å². The minimum atomic E-state index is -1.21. The van der Waals surface area contributed by atoms with Gasteiger partial charge in [-0.2, -0.15) is 0 Å². The van der Waals surface area contributed by atoms with E-state index in [1.165, 1.54) is 24.3 Å². The first-order chi connectivity index (χ1) is 11.3. The van der Waals surface area contributed by atoms with Gasteiger partial charge in [0, 0.05) is 16.7 Å². The van der Waals surface area contributed by atoms with Crippen LogP contribution in [-0.2, 0) is 4.79 Å². The molecule has 4 radical (unpaired) electrons. The number of halogens is 1. The zero-order chi connectivity index (χ0) is 17.9. The van der Waals surface area contributed by atoms with Crippen molar-refractivity contribution in [3.05, 3.63) is 58.9 Å². The second kappa shape index (κ2) is 7.12. The number of hydrogen-bond acceptors (Lipinski definition) is 3. The van der Waals surface area contributed by atoms with Gasteiger partial charge in [-0.05, 0) is 18.2 Å². The number of rotatable bonds is 5. The van der Waals surface area contributed by atoms with Gasteiger partial charge in [0.25, 0.3) is 5.91 Å². The highest BCUT2D eigenvalue weighted by molar-refractivity contribution is 6.34. The van der Waals surface area contributed by atoms with Crippen molar-refractivity contribution in [2.45, 2.75) is 0 Å². The van der Waals surface area contributed by atoms with Crippen LogP contribution in [0.5, 0.6) is 0 Å². The summed E-state index contributed by atoms with van der Waals surface area (Å²) in [6.45, 7) is -0.572. The van der Waals surface area contributed by atoms with Crippen LogP contribution in [0.4, 0.5) is 4.39 Å². The third kappa shape index (κ3) is 4.32. The van der Waals surface area contributed by atoms with Gasteiger partial charge in [-0.15, -0.1) is 0 Å². The van der Waals surface area contributed by atoms with Gasteiger partial charge < -0.3 is 10.4 Å². The summed E-state index contributed by atoms with van der Waals surface area (Å²) in [5.41, 5.74) is 0.298. The Labute approximate surface area is 139 Å². The minimum absolute atomic E-state index is 0.00925. The number of nitrogens with one attached hydrogen (secondary N) is 1. The van der Waals surface area contributed by atoms with Crippen molar-refractivity contribution in [3.63, 3.8) is 0 Å². The molecule has 0 aliphatic heterocycles. The molecule has 8 heteroatoms. The molecule has 116 valence electrons. The standard InChI is InChI=1S/C16H10B2FNO4/c17-11-2-8(1-10(4-11)16(24)20-7-14(21)22)15(23)9-3-12(18)6-13(19)5-9/h1-6H,7H2,(H,20,24)(H,21,22). The molecule has 2 aromatic rings. The molecule has 0 aromatic heterocycles. The Balaban J connectivity index is 2.35. The van der Waals surface area contributed by atoms with Gasteiger partial charge in [0.2, 0.25) is 0 Å². The molecule has 0 saturated heterocycles. The van der Waals surface area contributed by atoms with Gasteiger partial charge in [0.05, 0.1) is 0 Å². The van der Waals surface area contributed by atoms with E-state index in [9.17, 15) is 18.8 Å². The average molecular weight is 321 g/mol. The Kier molecular flexibility index (Phi) is 5.18. The SMILES string of the molecule is [B]c1cc(F)cc(C(=O)c2cc([B])cc(C(=O)NCC(=O)O)c2)c1. The first-order valence-electron chi connectivity index (χ1n) is 6.77. The molecular formula is C16H10B2FNO4. The maximum atomic E-state index is 13.4. The summed E-state index contributed by atoms with van der Waals surface area (Å²) in [6, 6.07) is 7.27. The molecule has 2 rings (SSSR count). The van der Waals surface area contributed by atoms with Gasteiger partial charge in [-0.25, -0.2) is 4.39 Å². The number of benzene rings is 2. The molecule has 0 unspecified atom stereocenters. The minimum Gasteiger partial charge on any atom is -0.480 e. The molecule has 0 aliphatic carbocycles. The highest BCUT2D eigenvalue weighted by Crippen LogP contribution is 2.11. The predicted octanol–water partition coefficient (Wildman–Crippen LogP) is -0.541. The largest absolute Gasteiger partial charge is 0.480 e. The van der Waals surface area contributed by atoms with E-state index >= 15 is 0 Å². The van der Waals surface area contributed by atoms with Gasteiger partial charge in [-0.3, -0.25) is 14.4 Å². The maximum Gasteiger partial charge on any atom is 0.322 e. The molecule has 2 N–H and O–H groups in total. The van der Waals surface area contributed by atoms with Crippen LogP contribution in [0, 0.1) is 5.82 Å². The number of amides is 1. The van der Waals surface area contributed by atoms with Crippen LogP contribution < -0.4 is 16.2 Å². The molecule has 24 heavy (non-hydrogen) atoms. The smallest absolute Gasteiger partial charge is 0.322 e. The first-order valence-corrected chi connectivity index (χ1v) is 6.77. The lowest BCUT2D eigenvalue weighted by atomic mass is 9.88. The topological polar surface area (TPSA) is 83.5 Å². The summed E-state index contributed by atoms with van der Waals surface area (Å²) in [7, 11) is 11.2. The van der Waals surface area contributed by atoms with Crippen LogP contribution in [0.1, 0.15) is 26.3 Å². The fraction of sp³-hybridized carbons (Fsp3) is 0.0625. The second-order valence-corrected chi connectivity index (χ2v) is 5.02. The van der Waals surface area contributed by atoms with Crippen molar-refractivity contribution in [2.24, 2.45) is 0 Å². The van der Waals surface area contributed by atoms with Crippen LogP contribution in [-0.4, -0.2) is 45.0 Å². The molecular weight excluding hydrogens is 311 g/mol. The van der Waals surface area contributed by atoms with Gasteiger partial charge in [-0.1, -0.05) is 29.1 Å². The van der Waals surface area contributed by atoms with Crippen molar-refractivity contribution in [3.8, 4) is 0 Å². The molecule has 1 amide bonds. The van der Waals surface area contributed by atoms with Crippen LogP contribution in [0.3, 0.4) is 0 Å². The van der Waals surface area contributed by atoms with Crippen molar-refractivity contribution in [1.29, 1.82) is 0 Å². The van der Waals surface area contributed by atoms with E-state index in [4.69, 9.17) is 20.8 Å². The van der Waals surface area contributed by atoms with Crippen molar-refractivity contribution >= 4 is 44.3 Å². The van der Waals surface area contributed by atoms with Crippen LogP contribution in [0.2, 0.25) is 0 Å². The maximum absolute atomic E-state index is 13.4. The molecule has 0 fully saturated rings. The Morgan fingerprint density at radius 1 is 0.917 bits per heavy atom. The van der Waals surface area contributed by atoms with Crippen molar-refractivity contribution < 1.29 is 23.9 Å². The summed E-state index contributed by atoms with van der Waals surface area (Å²) in [4.78, 5) is 34.8. The normalized spacial score (nSPS) is 10.2. The lowest BCUT2D eigenvalue weighted by Gasteiger charge is -2.08. The Morgan fingerprint density at radius 2 is 1.46 bits per heavy atom. The fourth-order valence-corrected chi connectivity index (χ4v) is 2.08. The molecule has 0 atom stereocenters. The highest BCUT2D eigenvalue weighted by Gasteiger charge is 2.15. The van der Waals surface area contributed by atoms with Gasteiger partial charge in [0.1, 0.15) is 28.1 Å². The van der Waals surface area contributed by atoms with E-state index < -0.39 is 30.0 Å². The van der Waals surface area contributed by atoms with Gasteiger partial charge >= 0.3 is 5.97 Å². The first kappa shape index (κ1) is 17.5. The Hall–Kier alpha value is -2.89. The molecule has 0 heterocycles. The number of carboxylic acid groups (broad SMARTS) is 1. The number of hydrogen-bond donors (Lipinski definition) is 2. The van der Waals surface area contributed by atoms with Crippen LogP contribution in [0.25, 0.3) is 0 Å². The van der Waals surface area contributed by atoms with E-state index in [0.717, 1.165) is 12.1 Å². The molecule has 0 saturated carbocycles. The number of carboxylic acids is 1. The van der Waals surface area contributed by atoms with Crippen LogP contribution >= 0.6 is 0 Å². The summed E-state index contributed by atoms with van der Waals surface area (Å²) < 4.78 is 13.4. The third-order valence-electron chi connectivity index (χ3n) is 3.06. The van der Waals surface area contributed by atoms with E-state index in [-0.39, 0.29) is 27.6 Å². The number of aliphatic carboxylic acids is 1. The fourth-order valence-electron chi connectivity index (χ4n) is 2.08. The number of carbonyl (C=O) groups excluding carboxylic acids is 2. The van der Waals surface area contributed by atoms with E-state index in [1.54, 1.807) is 0 Å². The van der Waals surface area contributed by atoms with E-state index in [2.05, 4.69) is 5.32 Å². The zero-order valence-corrected chi connectivity index (χ0v) is 12.4. The Morgan fingerprint density at radius 3 is 2.04 bits per heavy atom.